The number of para-hydroxylation sites is 2. The normalized spacial score (nSPS) is 17.6. The molecule has 107 heavy (non-hydrogen) atoms. The Hall–Kier alpha value is -11.6. The molecule has 0 fully saturated rings. The van der Waals surface area contributed by atoms with Crippen molar-refractivity contribution >= 4 is 90.5 Å². The number of nitrogens with zero attached hydrogens (tertiary/aromatic N) is 4. The van der Waals surface area contributed by atoms with Crippen molar-refractivity contribution in [1.82, 2.24) is 14.1 Å². The summed E-state index contributed by atoms with van der Waals surface area (Å²) < 4.78 is 417. The van der Waals surface area contributed by atoms with Gasteiger partial charge in [0.15, 0.2) is 16.1 Å². The molecule has 0 N–H and O–H groups in total. The van der Waals surface area contributed by atoms with Crippen LogP contribution in [0.15, 0.2) is 357 Å². The predicted molar refractivity (Wildman–Crippen MR) is 446 cm³/mol. The summed E-state index contributed by atoms with van der Waals surface area (Å²) in [5.41, 5.74) is -2.12. The number of benzene rings is 14. The van der Waals surface area contributed by atoms with E-state index in [1.807, 2.05) is 59.7 Å². The summed E-state index contributed by atoms with van der Waals surface area (Å²) in [5, 5.41) is -8.27. The molecule has 522 valence electrons. The first-order valence-corrected chi connectivity index (χ1v) is 37.2. The Kier molecular flexibility index (Phi) is 9.83. The number of rotatable bonds is 16. The van der Waals surface area contributed by atoms with Crippen molar-refractivity contribution in [3.63, 3.8) is 0 Å². The van der Waals surface area contributed by atoms with E-state index in [4.69, 9.17) is 24.8 Å². The van der Waals surface area contributed by atoms with Crippen LogP contribution in [0.5, 0.6) is 11.5 Å². The fraction of sp³-hybridized carbons (Fsp3) is 0.0909. The van der Waals surface area contributed by atoms with Crippen LogP contribution in [0, 0.1) is 25.3 Å². The fourth-order valence-electron chi connectivity index (χ4n) is 13.5. The maximum atomic E-state index is 11.5. The molecule has 0 aliphatic carbocycles. The van der Waals surface area contributed by atoms with Crippen molar-refractivity contribution in [2.24, 2.45) is 0 Å². The van der Waals surface area contributed by atoms with Crippen LogP contribution < -0.4 is 50.8 Å². The van der Waals surface area contributed by atoms with E-state index in [1.165, 1.54) is 34.9 Å². The zero-order valence-electron chi connectivity index (χ0n) is 99.6. The number of fused-ring (bicyclic) bond motifs is 4. The monoisotopic (exact) mass is 1630 g/mol. The molecule has 0 bridgehead atoms. The molecule has 0 saturated heterocycles. The average Bonchev–Trinajstić information content (AvgIpc) is 1.60. The molecule has 3 heterocycles. The van der Waals surface area contributed by atoms with Gasteiger partial charge in [0.25, 0.3) is 6.33 Å². The molecule has 0 saturated carbocycles. The van der Waals surface area contributed by atoms with Crippen LogP contribution in [0.25, 0.3) is 83.4 Å². The topological polar surface area (TPSA) is 35.9 Å². The van der Waals surface area contributed by atoms with Crippen molar-refractivity contribution in [2.45, 2.75) is 59.2 Å². The minimum absolute atomic E-state index is 0. The van der Waals surface area contributed by atoms with Crippen molar-refractivity contribution < 1.29 is 87.9 Å². The van der Waals surface area contributed by atoms with Gasteiger partial charge in [-0.15, -0.1) is 29.7 Å². The van der Waals surface area contributed by atoms with Gasteiger partial charge >= 0.3 is 0 Å². The van der Waals surface area contributed by atoms with Crippen LogP contribution in [0.2, 0.25) is 0 Å². The first-order chi connectivity index (χ1) is 69.1. The number of ether oxygens (including phenoxy) is 1. The van der Waals surface area contributed by atoms with Crippen LogP contribution >= 0.6 is 0 Å². The fourth-order valence-corrected chi connectivity index (χ4v) is 21.0. The predicted octanol–water partition coefficient (Wildman–Crippen LogP) is 18.2. The van der Waals surface area contributed by atoms with E-state index in [-0.39, 0.29) is 66.2 Å². The molecule has 17 aromatic rings. The second-order valence-corrected chi connectivity index (χ2v) is 33.8. The molecule has 0 aliphatic rings. The Labute approximate surface area is 703 Å². The van der Waals surface area contributed by atoms with Crippen molar-refractivity contribution in [1.29, 1.82) is 0 Å². The van der Waals surface area contributed by atoms with Crippen LogP contribution in [0.1, 0.15) is 116 Å². The zero-order chi connectivity index (χ0) is 109. The van der Waals surface area contributed by atoms with Gasteiger partial charge in [0.1, 0.15) is 5.82 Å². The molecule has 8 heteroatoms. The van der Waals surface area contributed by atoms with Gasteiger partial charge < -0.3 is 13.9 Å². The molecule has 0 aliphatic heterocycles. The van der Waals surface area contributed by atoms with Crippen molar-refractivity contribution in [3.8, 4) is 62.1 Å². The molecule has 5 nitrogen and oxygen atoms in total. The molecule has 3 aromatic heterocycles. The van der Waals surface area contributed by atoms with E-state index in [9.17, 15) is 42.5 Å². The third-order valence-corrected chi connectivity index (χ3v) is 26.7. The van der Waals surface area contributed by atoms with Gasteiger partial charge in [0.05, 0.1) is 70.2 Å². The van der Waals surface area contributed by atoms with Gasteiger partial charge in [0.2, 0.25) is 0 Å². The van der Waals surface area contributed by atoms with Crippen molar-refractivity contribution in [2.75, 3.05) is 0 Å². The Morgan fingerprint density at radius 3 is 1.52 bits per heavy atom. The van der Waals surface area contributed by atoms with Gasteiger partial charge in [-0.1, -0.05) is 349 Å². The van der Waals surface area contributed by atoms with Crippen LogP contribution in [-0.2, 0) is 31.9 Å². The van der Waals surface area contributed by atoms with E-state index in [2.05, 4.69) is 18.5 Å². The molecule has 14 aromatic carbocycles. The van der Waals surface area contributed by atoms with E-state index in [0.717, 1.165) is 40.1 Å². The number of hydrogen-bond acceptors (Lipinski definition) is 2. The Morgan fingerprint density at radius 2 is 0.953 bits per heavy atom. The van der Waals surface area contributed by atoms with E-state index >= 15 is 0 Å². The van der Waals surface area contributed by atoms with E-state index in [0.29, 0.717) is 27.4 Å². The summed E-state index contributed by atoms with van der Waals surface area (Å²) in [5.74, 6) is -0.274. The number of hydrogen-bond donors (Lipinski definition) is 0. The molecule has 0 atom stereocenters. The van der Waals surface area contributed by atoms with Gasteiger partial charge in [-0.25, -0.2) is 4.98 Å². The average molecular weight is 1640 g/mol. The maximum Gasteiger partial charge on any atom is 0.268 e. The Morgan fingerprint density at radius 1 is 0.430 bits per heavy atom. The SMILES string of the molecule is [2H]c1c([2H])c([2H])c(-c2cnc(-n3c4[c-]c(Oc5[c-]c(-n6[c-][n+](-c7c(-c8c([2H])c([2H])c([2H])c([Si](c9c([2H])c([2H])c([2H])c([2H])c9[2H])(c9c([2H])c([2H])c([2H])c([2H])c9[2H])c9c([2H])c([2H])c([2H])c([2H])c9[2H])c8[2H])cccc7[Si](c7c([2H])c([2H])c([2H])c([2H])c7[2H])(c7c([2H])c([2H])c([2H])c([2H])c7[2H])c7c([2H])c([2H])c([2H])c([2H])c7[2H])c7ccc(-c8cc(C(C)(C)C)cc(C(C)(C)C)c8)cc76)ccc5)ccc4c4ccccc43)cc2C([2H])([2H])[2H])c([2H])c1[2H].[Pt]. The maximum absolute atomic E-state index is 11.5. The molecule has 0 radical (unpaired) electrons. The minimum Gasteiger partial charge on any atom is -0.510 e. The third-order valence-electron chi connectivity index (χ3n) is 18.5. The second-order valence-electron chi connectivity index (χ2n) is 26.8. The van der Waals surface area contributed by atoms with Gasteiger partial charge in [-0.3, -0.25) is 4.57 Å². The quantitative estimate of drug-likeness (QED) is 0.0418. The number of imidazole rings is 1. The molecule has 0 amide bonds. The Bertz CT molecular complexity index is 8160. The van der Waals surface area contributed by atoms with E-state index in [1.54, 1.807) is 53.1 Å². The number of pyridine rings is 1. The molecular formula is C99H80N4OPtSi2-2. The first kappa shape index (κ1) is 36.6. The summed E-state index contributed by atoms with van der Waals surface area (Å²) in [6.07, 6.45) is 4.46. The molecular weight excluding hydrogens is 1510 g/mol. The number of aryl methyl sites for hydroxylation is 1. The third kappa shape index (κ3) is 12.7. The van der Waals surface area contributed by atoms with Gasteiger partial charge in [-0.05, 0) is 133 Å². The van der Waals surface area contributed by atoms with Crippen molar-refractivity contribution in [3.05, 3.63) is 392 Å². The van der Waals surface area contributed by atoms with Gasteiger partial charge in [-0.2, -0.15) is 18.2 Å². The summed E-state index contributed by atoms with van der Waals surface area (Å²) in [6.45, 7) is 8.93. The van der Waals surface area contributed by atoms with Crippen LogP contribution in [-0.4, -0.2) is 30.3 Å². The van der Waals surface area contributed by atoms with Crippen LogP contribution in [0.3, 0.4) is 0 Å². The zero-order valence-corrected chi connectivity index (χ0v) is 61.8. The first-order valence-electron chi connectivity index (χ1n) is 54.2. The smallest absolute Gasteiger partial charge is 0.268 e. The molecule has 17 rings (SSSR count). The second kappa shape index (κ2) is 28.7. The number of aromatic nitrogens is 4. The summed E-state index contributed by atoms with van der Waals surface area (Å²) in [4.78, 5) is 4.71. The van der Waals surface area contributed by atoms with Crippen LogP contribution in [0.4, 0.5) is 0 Å². The standard InChI is InChI=1S/C99H80N4OSi2.Pt/c1-70-60-96(100-68-90(70)71-34-15-8-16-35-71)103-91-54-30-29-52-88(91)89-58-57-79(67-93(89)103)104-78-38-32-37-77(66-78)101-69-102(92-59-56-72(64-94(92)101)74-61-75(98(2,3)4)65-76(62-74)99(5,6)7)97-87(53-33-55-95(97)106(83-45-23-12-24-46-83,84-47-25-13-26-48-84)85-49-27-14-28-50-85)73-36-31-51-86(63-73)105(80-39-17-9-18-40-80,81-41-19-10-20-42-81)82-43-21-11-22-44-82;/h8-65,68H,1-7H3;/q-2;/i1D3,8D,9D,10D,11D,12D,13D,14D,15D,16D,17D,18D,19D,20D,21D,22D,23D,24D,25D,26D,27D,28D,31D,34D,35D,36D,39D,40D,41D,42D,43D,44D,45D,46D,47D,48D,49D,50D,51D,63D;. The largest absolute Gasteiger partial charge is 0.510 e. The summed E-state index contributed by atoms with van der Waals surface area (Å²) in [7, 11) is -13.6. The van der Waals surface area contributed by atoms with E-state index < -0.39 is 339 Å². The van der Waals surface area contributed by atoms with Gasteiger partial charge in [0, 0.05) is 54.0 Å². The molecule has 0 spiro atoms. The summed E-state index contributed by atoms with van der Waals surface area (Å²) in [6, 6.07) is -11.6. The molecule has 0 unspecified atom stereocenters. The minimum atomic E-state index is -6.87. The summed E-state index contributed by atoms with van der Waals surface area (Å²) >= 11 is 0. The Balaban J connectivity index is 0.0000158.